The van der Waals surface area contributed by atoms with E-state index < -0.39 is 0 Å². The topological polar surface area (TPSA) is 34.1 Å². The molecule has 0 spiro atoms. The first-order chi connectivity index (χ1) is 9.07. The van der Waals surface area contributed by atoms with E-state index in [-0.39, 0.29) is 33.9 Å². The molecule has 0 fully saturated rings. The smallest absolute Gasteiger partial charge is 0.149 e. The zero-order valence-electron chi connectivity index (χ0n) is 14.1. The molecule has 0 radical (unpaired) electrons. The first kappa shape index (κ1) is 20.0. The summed E-state index contributed by atoms with van der Waals surface area (Å²) in [4.78, 5) is 25.1. The molecule has 0 aliphatic rings. The third kappa shape index (κ3) is 6.66. The van der Waals surface area contributed by atoms with Crippen molar-refractivity contribution in [2.45, 2.75) is 76.4 Å². The van der Waals surface area contributed by atoms with Gasteiger partial charge in [0, 0.05) is 11.8 Å². The lowest BCUT2D eigenvalue weighted by atomic mass is 9.97. The summed E-state index contributed by atoms with van der Waals surface area (Å²) in [7, 11) is 0. The van der Waals surface area contributed by atoms with Crippen LogP contribution in [0.4, 0.5) is 0 Å². The van der Waals surface area contributed by atoms with E-state index in [1.54, 1.807) is 23.5 Å². The largest absolute Gasteiger partial charge is 0.298 e. The van der Waals surface area contributed by atoms with E-state index in [4.69, 9.17) is 0 Å². The molecule has 2 nitrogen and oxygen atoms in total. The minimum absolute atomic E-state index is 0.0264. The Hall–Kier alpha value is 0.0400. The lowest BCUT2D eigenvalue weighted by molar-refractivity contribution is -0.126. The van der Waals surface area contributed by atoms with Gasteiger partial charge in [-0.1, -0.05) is 55.4 Å². The Kier molecular flexibility index (Phi) is 9.16. The van der Waals surface area contributed by atoms with Crippen LogP contribution in [-0.4, -0.2) is 32.6 Å². The molecule has 0 bridgehead atoms. The van der Waals surface area contributed by atoms with Gasteiger partial charge in [0.2, 0.25) is 0 Å². The van der Waals surface area contributed by atoms with Crippen molar-refractivity contribution >= 4 is 35.1 Å². The third-order valence-corrected chi connectivity index (χ3v) is 5.67. The van der Waals surface area contributed by atoms with Crippen LogP contribution in [0.1, 0.15) is 55.4 Å². The summed E-state index contributed by atoms with van der Waals surface area (Å²) >= 11 is 3.28. The van der Waals surface area contributed by atoms with E-state index in [0.717, 1.165) is 0 Å². The molecule has 0 aromatic rings. The third-order valence-electron chi connectivity index (χ3n) is 2.81. The van der Waals surface area contributed by atoms with Gasteiger partial charge in [0.25, 0.3) is 0 Å². The predicted octanol–water partition coefficient (Wildman–Crippen LogP) is 4.46. The molecule has 0 N–H and O–H groups in total. The molecule has 0 aliphatic heterocycles. The van der Waals surface area contributed by atoms with Crippen LogP contribution in [0.5, 0.6) is 0 Å². The van der Waals surface area contributed by atoms with Gasteiger partial charge in [0.15, 0.2) is 0 Å². The van der Waals surface area contributed by atoms with Crippen LogP contribution in [-0.2, 0) is 9.59 Å². The number of rotatable bonds is 9. The number of carbonyl (C=O) groups excluding carboxylic acids is 2. The van der Waals surface area contributed by atoms with Gasteiger partial charge in [-0.2, -0.15) is 0 Å². The van der Waals surface area contributed by atoms with E-state index in [2.05, 4.69) is 27.7 Å². The van der Waals surface area contributed by atoms with E-state index in [9.17, 15) is 9.59 Å². The SMILES string of the molecule is CC(C)SC(C(=O)C(C)C)C(SC(C)C)C(=O)C(C)C. The molecule has 0 aromatic heterocycles. The average molecular weight is 319 g/mol. The minimum Gasteiger partial charge on any atom is -0.298 e. The molecule has 0 saturated carbocycles. The Labute approximate surface area is 133 Å². The van der Waals surface area contributed by atoms with Crippen molar-refractivity contribution < 1.29 is 9.59 Å². The normalized spacial score (nSPS) is 15.2. The maximum Gasteiger partial charge on any atom is 0.149 e. The molecule has 4 heteroatoms. The predicted molar refractivity (Wildman–Crippen MR) is 92.7 cm³/mol. The molecule has 0 amide bonds. The highest BCUT2D eigenvalue weighted by Gasteiger charge is 2.37. The van der Waals surface area contributed by atoms with Gasteiger partial charge >= 0.3 is 0 Å². The van der Waals surface area contributed by atoms with Crippen LogP contribution in [0.15, 0.2) is 0 Å². The van der Waals surface area contributed by atoms with Crippen LogP contribution >= 0.6 is 23.5 Å². The van der Waals surface area contributed by atoms with Crippen LogP contribution in [0.2, 0.25) is 0 Å². The molecule has 20 heavy (non-hydrogen) atoms. The molecule has 118 valence electrons. The van der Waals surface area contributed by atoms with Crippen LogP contribution in [0.25, 0.3) is 0 Å². The number of carbonyl (C=O) groups is 2. The van der Waals surface area contributed by atoms with E-state index in [1.165, 1.54) is 0 Å². The molecular weight excluding hydrogens is 288 g/mol. The van der Waals surface area contributed by atoms with Gasteiger partial charge in [-0.25, -0.2) is 0 Å². The zero-order chi connectivity index (χ0) is 16.0. The van der Waals surface area contributed by atoms with Crippen LogP contribution in [0, 0.1) is 11.8 Å². The fraction of sp³-hybridized carbons (Fsp3) is 0.875. The monoisotopic (exact) mass is 318 g/mol. The van der Waals surface area contributed by atoms with Crippen molar-refractivity contribution in [3.05, 3.63) is 0 Å². The molecule has 0 aromatic carbocycles. The molecule has 0 heterocycles. The molecule has 0 saturated heterocycles. The maximum absolute atomic E-state index is 12.5. The standard InChI is InChI=1S/C16H30O2S2/c1-9(2)13(17)15(19-11(5)6)16(20-12(7)8)14(18)10(3)4/h9-12,15-16H,1-8H3. The highest BCUT2D eigenvalue weighted by Crippen LogP contribution is 2.34. The van der Waals surface area contributed by atoms with Gasteiger partial charge in [0.1, 0.15) is 11.6 Å². The molecule has 0 aliphatic carbocycles. The Bertz CT molecular complexity index is 290. The second kappa shape index (κ2) is 9.14. The van der Waals surface area contributed by atoms with Gasteiger partial charge in [0.05, 0.1) is 10.5 Å². The minimum atomic E-state index is -0.225. The van der Waals surface area contributed by atoms with Crippen molar-refractivity contribution in [3.8, 4) is 0 Å². The number of hydrogen-bond donors (Lipinski definition) is 0. The zero-order valence-corrected chi connectivity index (χ0v) is 15.7. The first-order valence-corrected chi connectivity index (χ1v) is 9.34. The number of hydrogen-bond acceptors (Lipinski definition) is 4. The fourth-order valence-corrected chi connectivity index (χ4v) is 4.74. The van der Waals surface area contributed by atoms with Gasteiger partial charge in [-0.05, 0) is 10.5 Å². The summed E-state index contributed by atoms with van der Waals surface area (Å²) in [6, 6.07) is 0. The lowest BCUT2D eigenvalue weighted by Gasteiger charge is -2.29. The quantitative estimate of drug-likeness (QED) is 0.628. The van der Waals surface area contributed by atoms with Crippen molar-refractivity contribution in [2.24, 2.45) is 11.8 Å². The van der Waals surface area contributed by atoms with Gasteiger partial charge in [-0.15, -0.1) is 23.5 Å². The van der Waals surface area contributed by atoms with Gasteiger partial charge in [-0.3, -0.25) is 9.59 Å². The second-order valence-corrected chi connectivity index (χ2v) is 9.77. The lowest BCUT2D eigenvalue weighted by Crippen LogP contribution is -2.40. The van der Waals surface area contributed by atoms with Crippen molar-refractivity contribution in [1.82, 2.24) is 0 Å². The summed E-state index contributed by atoms with van der Waals surface area (Å²) in [6.45, 7) is 16.0. The molecule has 0 rings (SSSR count). The number of thioether (sulfide) groups is 2. The number of ketones is 2. The molecule has 2 unspecified atom stereocenters. The first-order valence-electron chi connectivity index (χ1n) is 7.46. The summed E-state index contributed by atoms with van der Waals surface area (Å²) < 4.78 is 0. The average Bonchev–Trinajstić information content (AvgIpc) is 2.30. The van der Waals surface area contributed by atoms with E-state index >= 15 is 0 Å². The summed E-state index contributed by atoms with van der Waals surface area (Å²) in [5, 5.41) is 0.241. The maximum atomic E-state index is 12.5. The Morgan fingerprint density at radius 1 is 0.600 bits per heavy atom. The van der Waals surface area contributed by atoms with Crippen molar-refractivity contribution in [2.75, 3.05) is 0 Å². The summed E-state index contributed by atoms with van der Waals surface area (Å²) in [5.41, 5.74) is 0. The summed E-state index contributed by atoms with van der Waals surface area (Å²) in [6.07, 6.45) is 0. The van der Waals surface area contributed by atoms with E-state index in [1.807, 2.05) is 27.7 Å². The fourth-order valence-electron chi connectivity index (χ4n) is 1.82. The highest BCUT2D eigenvalue weighted by atomic mass is 32.2. The van der Waals surface area contributed by atoms with E-state index in [0.29, 0.717) is 10.5 Å². The second-order valence-electron chi connectivity index (χ2n) is 6.33. The Morgan fingerprint density at radius 2 is 0.850 bits per heavy atom. The summed E-state index contributed by atoms with van der Waals surface area (Å²) in [5.74, 6) is 0.356. The molecular formula is C16H30O2S2. The van der Waals surface area contributed by atoms with Crippen LogP contribution in [0.3, 0.4) is 0 Å². The Morgan fingerprint density at radius 3 is 1.00 bits per heavy atom. The van der Waals surface area contributed by atoms with Gasteiger partial charge < -0.3 is 0 Å². The Balaban J connectivity index is 5.37. The van der Waals surface area contributed by atoms with Crippen molar-refractivity contribution in [1.29, 1.82) is 0 Å². The molecule has 2 atom stereocenters. The highest BCUT2D eigenvalue weighted by molar-refractivity contribution is 8.05. The van der Waals surface area contributed by atoms with Crippen molar-refractivity contribution in [3.63, 3.8) is 0 Å². The van der Waals surface area contributed by atoms with Crippen LogP contribution < -0.4 is 0 Å². The number of Topliss-reactive ketones (excluding diaryl/α,β-unsaturated/α-hetero) is 2.